The topological polar surface area (TPSA) is 56.4 Å². The average Bonchev–Trinajstić information content (AvgIpc) is 3.32. The summed E-state index contributed by atoms with van der Waals surface area (Å²) in [5.41, 5.74) is 6.69. The molecule has 0 saturated carbocycles. The van der Waals surface area contributed by atoms with Crippen LogP contribution in [0.3, 0.4) is 0 Å². The van der Waals surface area contributed by atoms with Crippen molar-refractivity contribution in [1.82, 2.24) is 4.98 Å². The molecule has 4 nitrogen and oxygen atoms in total. The molecule has 5 heterocycles. The van der Waals surface area contributed by atoms with E-state index in [-0.39, 0.29) is 23.1 Å². The van der Waals surface area contributed by atoms with Crippen molar-refractivity contribution in [3.05, 3.63) is 74.4 Å². The van der Waals surface area contributed by atoms with Crippen molar-refractivity contribution in [3.63, 3.8) is 0 Å². The predicted octanol–water partition coefficient (Wildman–Crippen LogP) is 5.34. The largest absolute Gasteiger partial charge is 4.00 e. The molecule has 1 aromatic heterocycles. The molecule has 2 atom stereocenters. The molecule has 3 saturated heterocycles. The summed E-state index contributed by atoms with van der Waals surface area (Å²) < 4.78 is 0. The number of allylic oxidation sites excluding steroid dienone is 4. The van der Waals surface area contributed by atoms with Crippen molar-refractivity contribution < 1.29 is 17.1 Å². The van der Waals surface area contributed by atoms with Crippen molar-refractivity contribution in [3.8, 4) is 0 Å². The summed E-state index contributed by atoms with van der Waals surface area (Å²) in [5.74, 6) is 0. The molecule has 0 aliphatic carbocycles. The summed E-state index contributed by atoms with van der Waals surface area (Å²) in [4.78, 5) is 4.69. The van der Waals surface area contributed by atoms with Crippen LogP contribution in [-0.2, 0) is 17.1 Å². The maximum Gasteiger partial charge on any atom is 4.00 e. The fraction of sp³-hybridized carbons (Fsp3) is 0.400. The molecule has 5 rings (SSSR count). The molecular weight excluding hydrogens is 352 g/mol. The Labute approximate surface area is 159 Å². The Bertz CT molecular complexity index is 783. The van der Waals surface area contributed by atoms with Crippen LogP contribution >= 0.6 is 0 Å². The summed E-state index contributed by atoms with van der Waals surface area (Å²) >= 11 is 0. The maximum absolute atomic E-state index is 4.88. The van der Waals surface area contributed by atoms with Crippen molar-refractivity contribution in [1.29, 1.82) is 0 Å². The van der Waals surface area contributed by atoms with Gasteiger partial charge in [0, 0.05) is 0 Å². The van der Waals surface area contributed by atoms with Gasteiger partial charge in [-0.2, -0.15) is 22.8 Å². The normalized spacial score (nSPS) is 35.4. The van der Waals surface area contributed by atoms with Gasteiger partial charge in [-0.05, 0) is 19.3 Å². The molecule has 0 unspecified atom stereocenters. The Hall–Kier alpha value is -1.84. The molecule has 1 aromatic rings. The molecule has 5 heteroatoms. The van der Waals surface area contributed by atoms with E-state index in [0.717, 1.165) is 61.3 Å². The minimum Gasteiger partial charge on any atom is -0.682 e. The van der Waals surface area contributed by atoms with Crippen LogP contribution in [-0.4, -0.2) is 12.1 Å². The summed E-state index contributed by atoms with van der Waals surface area (Å²) in [5, 5.41) is 14.5. The van der Waals surface area contributed by atoms with Crippen LogP contribution in [0.2, 0.25) is 0 Å². The van der Waals surface area contributed by atoms with Gasteiger partial charge in [0.05, 0.1) is 0 Å². The molecule has 3 fully saturated rings. The third-order valence-electron chi connectivity index (χ3n) is 5.06. The standard InChI is InChI=1S/C20H20N4.Fe/c1-2-14-10-16-5-6-18(23-16)12-20-8-7-19(24-20)11-17-4-3-15(22-17)9-13(1)21-14;/h1-2,9-12,17,20H,3-8H2;/q-4;+4/b15-9-,16-10-,18-12-,19-11-;/t17-,20-;/m0./s1. The van der Waals surface area contributed by atoms with Crippen molar-refractivity contribution >= 4 is 12.2 Å². The van der Waals surface area contributed by atoms with Crippen LogP contribution in [0.1, 0.15) is 49.9 Å². The number of hydrogen-bond acceptors (Lipinski definition) is 0. The van der Waals surface area contributed by atoms with Gasteiger partial charge in [-0.3, -0.25) is 0 Å². The Morgan fingerprint density at radius 1 is 0.680 bits per heavy atom. The van der Waals surface area contributed by atoms with Crippen molar-refractivity contribution in [2.75, 3.05) is 0 Å². The van der Waals surface area contributed by atoms with E-state index >= 15 is 0 Å². The van der Waals surface area contributed by atoms with Gasteiger partial charge >= 0.3 is 17.1 Å². The van der Waals surface area contributed by atoms with Gasteiger partial charge in [-0.1, -0.05) is 43.5 Å². The number of rotatable bonds is 0. The number of aromatic nitrogens is 1. The van der Waals surface area contributed by atoms with Gasteiger partial charge in [-0.25, -0.2) is 0 Å². The Morgan fingerprint density at radius 3 is 2.08 bits per heavy atom. The molecule has 25 heavy (non-hydrogen) atoms. The fourth-order valence-electron chi connectivity index (χ4n) is 3.87. The molecule has 0 radical (unpaired) electrons. The van der Waals surface area contributed by atoms with Crippen molar-refractivity contribution in [2.45, 2.75) is 50.6 Å². The van der Waals surface area contributed by atoms with Crippen LogP contribution in [0.15, 0.2) is 47.1 Å². The zero-order valence-corrected chi connectivity index (χ0v) is 15.1. The second-order valence-electron chi connectivity index (χ2n) is 6.96. The number of fused-ring (bicyclic) bond motifs is 8. The first-order valence-corrected chi connectivity index (χ1v) is 8.90. The van der Waals surface area contributed by atoms with Crippen molar-refractivity contribution in [2.24, 2.45) is 0 Å². The second-order valence-corrected chi connectivity index (χ2v) is 6.96. The predicted molar refractivity (Wildman–Crippen MR) is 97.2 cm³/mol. The van der Waals surface area contributed by atoms with E-state index in [1.165, 1.54) is 11.4 Å². The van der Waals surface area contributed by atoms with E-state index < -0.39 is 0 Å². The minimum atomic E-state index is 0. The van der Waals surface area contributed by atoms with E-state index in [2.05, 4.69) is 41.4 Å². The number of nitrogens with zero attached hydrogens (tertiary/aromatic N) is 4. The summed E-state index contributed by atoms with van der Waals surface area (Å²) in [6.07, 6.45) is 15.1. The molecular formula is C20H20FeN4. The van der Waals surface area contributed by atoms with Gasteiger partial charge in [0.1, 0.15) is 0 Å². The monoisotopic (exact) mass is 372 g/mol. The van der Waals surface area contributed by atoms with Crippen LogP contribution in [0.5, 0.6) is 0 Å². The summed E-state index contributed by atoms with van der Waals surface area (Å²) in [6, 6.07) is 4.72. The van der Waals surface area contributed by atoms with Gasteiger partial charge in [0.15, 0.2) is 0 Å². The molecule has 0 N–H and O–H groups in total. The van der Waals surface area contributed by atoms with Crippen LogP contribution in [0.4, 0.5) is 0 Å². The second kappa shape index (κ2) is 6.81. The first kappa shape index (κ1) is 16.6. The quantitative estimate of drug-likeness (QED) is 0.567. The Morgan fingerprint density at radius 2 is 1.28 bits per heavy atom. The van der Waals surface area contributed by atoms with Crippen LogP contribution in [0.25, 0.3) is 28.1 Å². The van der Waals surface area contributed by atoms with E-state index in [1.807, 2.05) is 0 Å². The first-order valence-electron chi connectivity index (χ1n) is 8.90. The van der Waals surface area contributed by atoms with E-state index in [9.17, 15) is 0 Å². The molecule has 4 aliphatic rings. The van der Waals surface area contributed by atoms with Crippen LogP contribution in [0, 0.1) is 0 Å². The molecule has 0 amide bonds. The first-order chi connectivity index (χ1) is 11.8. The summed E-state index contributed by atoms with van der Waals surface area (Å²) in [7, 11) is 0. The molecule has 0 spiro atoms. The maximum atomic E-state index is 4.88. The van der Waals surface area contributed by atoms with E-state index in [4.69, 9.17) is 16.0 Å². The number of hydrogen-bond donors (Lipinski definition) is 0. The SMILES string of the molecule is C1=C2/CC/C(=C/[C@@H]3CC/C(=C/[C@@H]4CC/C(=C/c5ccc/1[n-]5)[N-]4)[N-]3)[N-]2.[Fe+4]. The van der Waals surface area contributed by atoms with E-state index in [0.29, 0.717) is 6.04 Å². The zero-order chi connectivity index (χ0) is 15.9. The molecule has 8 bridgehead atoms. The zero-order valence-electron chi connectivity index (χ0n) is 14.0. The van der Waals surface area contributed by atoms with Crippen LogP contribution < -0.4 is 4.98 Å². The fourth-order valence-corrected chi connectivity index (χ4v) is 3.87. The van der Waals surface area contributed by atoms with Gasteiger partial charge in [0.2, 0.25) is 0 Å². The summed E-state index contributed by atoms with van der Waals surface area (Å²) in [6.45, 7) is 0. The van der Waals surface area contributed by atoms with E-state index in [1.54, 1.807) is 0 Å². The molecule has 4 aliphatic heterocycles. The molecule has 128 valence electrons. The minimum absolute atomic E-state index is 0. The van der Waals surface area contributed by atoms with Gasteiger partial charge in [-0.15, -0.1) is 35.6 Å². The molecule has 0 aromatic carbocycles. The Kier molecular flexibility index (Phi) is 4.53. The third-order valence-corrected chi connectivity index (χ3v) is 5.06. The third kappa shape index (κ3) is 3.58. The average molecular weight is 372 g/mol. The smallest absolute Gasteiger partial charge is 0.682 e. The van der Waals surface area contributed by atoms with Gasteiger partial charge < -0.3 is 20.9 Å². The van der Waals surface area contributed by atoms with Gasteiger partial charge in [0.25, 0.3) is 0 Å². The Balaban J connectivity index is 0.00000157.